The van der Waals surface area contributed by atoms with Crippen LogP contribution in [0.1, 0.15) is 28.3 Å². The Bertz CT molecular complexity index is 363. The first-order valence-corrected chi connectivity index (χ1v) is 6.01. The van der Waals surface area contributed by atoms with E-state index >= 15 is 0 Å². The zero-order valence-electron chi connectivity index (χ0n) is 11.2. The van der Waals surface area contributed by atoms with Gasteiger partial charge in [0.25, 0.3) is 0 Å². The first-order chi connectivity index (χ1) is 8.10. The minimum absolute atomic E-state index is 0.00977. The highest BCUT2D eigenvalue weighted by Crippen LogP contribution is 2.21. The Morgan fingerprint density at radius 3 is 2.41 bits per heavy atom. The van der Waals surface area contributed by atoms with E-state index in [1.807, 2.05) is 0 Å². The molecule has 0 amide bonds. The number of ether oxygens (including phenoxy) is 1. The number of aryl methyl sites for hydroxylation is 3. The second-order valence-corrected chi connectivity index (χ2v) is 4.48. The van der Waals surface area contributed by atoms with E-state index in [-0.39, 0.29) is 12.6 Å². The zero-order valence-corrected chi connectivity index (χ0v) is 11.2. The summed E-state index contributed by atoms with van der Waals surface area (Å²) in [5.41, 5.74) is 4.95. The van der Waals surface area contributed by atoms with Gasteiger partial charge < -0.3 is 15.2 Å². The van der Waals surface area contributed by atoms with E-state index < -0.39 is 0 Å². The number of methoxy groups -OCH3 is 1. The highest BCUT2D eigenvalue weighted by atomic mass is 16.5. The molecule has 0 heterocycles. The summed E-state index contributed by atoms with van der Waals surface area (Å²) >= 11 is 0. The topological polar surface area (TPSA) is 41.5 Å². The molecule has 0 saturated heterocycles. The van der Waals surface area contributed by atoms with Gasteiger partial charge in [0.2, 0.25) is 0 Å². The van der Waals surface area contributed by atoms with E-state index in [0.717, 1.165) is 6.54 Å². The second-order valence-electron chi connectivity index (χ2n) is 4.48. The molecule has 3 heteroatoms. The van der Waals surface area contributed by atoms with Crippen molar-refractivity contribution in [1.82, 2.24) is 5.32 Å². The maximum absolute atomic E-state index is 9.46. The van der Waals surface area contributed by atoms with E-state index in [0.29, 0.717) is 6.61 Å². The van der Waals surface area contributed by atoms with Gasteiger partial charge in [0.1, 0.15) is 0 Å². The first-order valence-electron chi connectivity index (χ1n) is 6.01. The Morgan fingerprint density at radius 1 is 1.18 bits per heavy atom. The van der Waals surface area contributed by atoms with Gasteiger partial charge in [-0.15, -0.1) is 0 Å². The Labute approximate surface area is 104 Å². The molecule has 0 aliphatic heterocycles. The Balaban J connectivity index is 2.84. The third kappa shape index (κ3) is 3.80. The lowest BCUT2D eigenvalue weighted by atomic mass is 9.96. The lowest BCUT2D eigenvalue weighted by Crippen LogP contribution is -2.28. The van der Waals surface area contributed by atoms with Crippen molar-refractivity contribution in [3.63, 3.8) is 0 Å². The molecule has 3 nitrogen and oxygen atoms in total. The average molecular weight is 237 g/mol. The summed E-state index contributed by atoms with van der Waals surface area (Å²) < 4.78 is 5.00. The summed E-state index contributed by atoms with van der Waals surface area (Å²) in [6.07, 6.45) is 0. The van der Waals surface area contributed by atoms with Gasteiger partial charge in [0, 0.05) is 13.7 Å². The van der Waals surface area contributed by atoms with Gasteiger partial charge in [-0.25, -0.2) is 0 Å². The summed E-state index contributed by atoms with van der Waals surface area (Å²) in [6, 6.07) is 4.32. The zero-order chi connectivity index (χ0) is 12.8. The summed E-state index contributed by atoms with van der Waals surface area (Å²) in [7, 11) is 1.68. The third-order valence-electron chi connectivity index (χ3n) is 3.14. The summed E-state index contributed by atoms with van der Waals surface area (Å²) in [5.74, 6) is 0. The number of benzene rings is 1. The van der Waals surface area contributed by atoms with Crippen molar-refractivity contribution >= 4 is 0 Å². The quantitative estimate of drug-likeness (QED) is 0.742. The highest BCUT2D eigenvalue weighted by Gasteiger charge is 2.13. The van der Waals surface area contributed by atoms with Crippen molar-refractivity contribution in [3.8, 4) is 0 Å². The lowest BCUT2D eigenvalue weighted by molar-refractivity contribution is 0.184. The van der Waals surface area contributed by atoms with Gasteiger partial charge in [-0.3, -0.25) is 0 Å². The molecule has 0 saturated carbocycles. The van der Waals surface area contributed by atoms with E-state index in [2.05, 4.69) is 38.2 Å². The van der Waals surface area contributed by atoms with Gasteiger partial charge >= 0.3 is 0 Å². The van der Waals surface area contributed by atoms with Gasteiger partial charge in [0.05, 0.1) is 19.3 Å². The number of rotatable bonds is 6. The van der Waals surface area contributed by atoms with Crippen LogP contribution in [-0.4, -0.2) is 32.0 Å². The molecule has 0 aliphatic carbocycles. The molecule has 0 spiro atoms. The van der Waals surface area contributed by atoms with E-state index in [9.17, 15) is 5.11 Å². The molecule has 1 rings (SSSR count). The van der Waals surface area contributed by atoms with Crippen LogP contribution in [0, 0.1) is 20.8 Å². The van der Waals surface area contributed by atoms with Crippen molar-refractivity contribution in [2.75, 3.05) is 26.9 Å². The predicted molar refractivity (Wildman–Crippen MR) is 70.4 cm³/mol. The number of nitrogens with one attached hydrogen (secondary N) is 1. The minimum Gasteiger partial charge on any atom is -0.394 e. The molecule has 0 bridgehead atoms. The molecule has 0 aliphatic rings. The molecule has 0 fully saturated rings. The standard InChI is InChI=1S/C14H23NO2/c1-10-7-12(3)13(8-11(10)2)14(9-16)15-5-6-17-4/h7-8,14-16H,5-6,9H2,1-4H3. The maximum atomic E-state index is 9.46. The Hall–Kier alpha value is -0.900. The number of hydrogen-bond donors (Lipinski definition) is 2. The van der Waals surface area contributed by atoms with Gasteiger partial charge in [-0.05, 0) is 43.0 Å². The SMILES string of the molecule is COCCNC(CO)c1cc(C)c(C)cc1C. The van der Waals surface area contributed by atoms with Crippen LogP contribution >= 0.6 is 0 Å². The van der Waals surface area contributed by atoms with Crippen molar-refractivity contribution in [3.05, 3.63) is 34.4 Å². The maximum Gasteiger partial charge on any atom is 0.0626 e. The van der Waals surface area contributed by atoms with E-state index in [1.165, 1.54) is 22.3 Å². The molecule has 0 aromatic heterocycles. The van der Waals surface area contributed by atoms with Gasteiger partial charge in [-0.1, -0.05) is 12.1 Å². The van der Waals surface area contributed by atoms with Crippen LogP contribution in [0.5, 0.6) is 0 Å². The fourth-order valence-corrected chi connectivity index (χ4v) is 1.97. The predicted octanol–water partition coefficient (Wildman–Crippen LogP) is 1.88. The first kappa shape index (κ1) is 14.2. The van der Waals surface area contributed by atoms with Crippen LogP contribution in [0.4, 0.5) is 0 Å². The van der Waals surface area contributed by atoms with E-state index in [1.54, 1.807) is 7.11 Å². The number of aliphatic hydroxyl groups is 1. The van der Waals surface area contributed by atoms with E-state index in [4.69, 9.17) is 4.74 Å². The minimum atomic E-state index is -0.00977. The average Bonchev–Trinajstić information content (AvgIpc) is 2.30. The van der Waals surface area contributed by atoms with Crippen molar-refractivity contribution in [2.45, 2.75) is 26.8 Å². The molecule has 1 unspecified atom stereocenters. The summed E-state index contributed by atoms with van der Waals surface area (Å²) in [4.78, 5) is 0. The molecule has 1 aromatic rings. The molecule has 2 N–H and O–H groups in total. The van der Waals surface area contributed by atoms with Crippen molar-refractivity contribution in [2.24, 2.45) is 0 Å². The number of aliphatic hydroxyl groups excluding tert-OH is 1. The summed E-state index contributed by atoms with van der Waals surface area (Å²) in [6.45, 7) is 7.80. The third-order valence-corrected chi connectivity index (χ3v) is 3.14. The Morgan fingerprint density at radius 2 is 1.82 bits per heavy atom. The lowest BCUT2D eigenvalue weighted by Gasteiger charge is -2.20. The van der Waals surface area contributed by atoms with Crippen molar-refractivity contribution < 1.29 is 9.84 Å². The van der Waals surface area contributed by atoms with Crippen LogP contribution in [0.25, 0.3) is 0 Å². The monoisotopic (exact) mass is 237 g/mol. The molecule has 17 heavy (non-hydrogen) atoms. The molecule has 96 valence electrons. The van der Waals surface area contributed by atoms with Crippen LogP contribution in [-0.2, 0) is 4.74 Å². The fourth-order valence-electron chi connectivity index (χ4n) is 1.97. The van der Waals surface area contributed by atoms with Crippen molar-refractivity contribution in [1.29, 1.82) is 0 Å². The number of hydrogen-bond acceptors (Lipinski definition) is 3. The molecular formula is C14H23NO2. The second kappa shape index (κ2) is 6.74. The van der Waals surface area contributed by atoms with Crippen LogP contribution < -0.4 is 5.32 Å². The largest absolute Gasteiger partial charge is 0.394 e. The van der Waals surface area contributed by atoms with Gasteiger partial charge in [0.15, 0.2) is 0 Å². The van der Waals surface area contributed by atoms with Crippen LogP contribution in [0.15, 0.2) is 12.1 Å². The fraction of sp³-hybridized carbons (Fsp3) is 0.571. The Kier molecular flexibility index (Phi) is 5.62. The van der Waals surface area contributed by atoms with Crippen LogP contribution in [0.3, 0.4) is 0 Å². The molecule has 1 atom stereocenters. The summed E-state index contributed by atoms with van der Waals surface area (Å²) in [5, 5.41) is 12.8. The normalized spacial score (nSPS) is 12.8. The highest BCUT2D eigenvalue weighted by molar-refractivity contribution is 5.38. The van der Waals surface area contributed by atoms with Gasteiger partial charge in [-0.2, -0.15) is 0 Å². The smallest absolute Gasteiger partial charge is 0.0626 e. The molecule has 1 aromatic carbocycles. The van der Waals surface area contributed by atoms with Crippen LogP contribution in [0.2, 0.25) is 0 Å². The molecular weight excluding hydrogens is 214 g/mol. The molecule has 0 radical (unpaired) electrons.